The van der Waals surface area contributed by atoms with Crippen LogP contribution in [0.2, 0.25) is 5.02 Å². The average Bonchev–Trinajstić information content (AvgIpc) is 3.14. The molecule has 2 aliphatic rings. The molecule has 1 N–H and O–H groups in total. The van der Waals surface area contributed by atoms with Crippen molar-refractivity contribution < 1.29 is 4.74 Å². The van der Waals surface area contributed by atoms with E-state index in [4.69, 9.17) is 16.3 Å². The van der Waals surface area contributed by atoms with Crippen molar-refractivity contribution in [3.8, 4) is 5.75 Å². The van der Waals surface area contributed by atoms with Crippen molar-refractivity contribution in [2.24, 2.45) is 5.41 Å². The number of halogens is 1. The van der Waals surface area contributed by atoms with Crippen molar-refractivity contribution >= 4 is 11.6 Å². The van der Waals surface area contributed by atoms with Gasteiger partial charge in [0.05, 0.1) is 7.11 Å². The Morgan fingerprint density at radius 2 is 1.90 bits per heavy atom. The molecule has 0 heterocycles. The molecule has 1 spiro atoms. The molecule has 2 nitrogen and oxygen atoms in total. The van der Waals surface area contributed by atoms with E-state index in [1.165, 1.54) is 31.2 Å². The van der Waals surface area contributed by atoms with Gasteiger partial charge in [-0.25, -0.2) is 0 Å². The summed E-state index contributed by atoms with van der Waals surface area (Å²) in [4.78, 5) is 0. The van der Waals surface area contributed by atoms with E-state index in [2.05, 4.69) is 32.2 Å². The third-order valence-electron chi connectivity index (χ3n) is 5.07. The molecule has 0 bridgehead atoms. The third-order valence-corrected chi connectivity index (χ3v) is 5.31. The van der Waals surface area contributed by atoms with Crippen molar-refractivity contribution in [2.75, 3.05) is 13.7 Å². The normalized spacial score (nSPS) is 22.0. The van der Waals surface area contributed by atoms with Crippen LogP contribution in [0.3, 0.4) is 0 Å². The molecule has 2 aliphatic carbocycles. The summed E-state index contributed by atoms with van der Waals surface area (Å²) >= 11 is 6.26. The van der Waals surface area contributed by atoms with Gasteiger partial charge in [-0.2, -0.15) is 0 Å². The molecule has 21 heavy (non-hydrogen) atoms. The molecule has 2 saturated carbocycles. The molecule has 1 aromatic carbocycles. The SMILES string of the molecule is COc1ccc(Cl)cc1C1(CNC(C)(C)C)CC2(CC2)C1. The molecule has 0 aliphatic heterocycles. The second-order valence-corrected chi connectivity index (χ2v) is 8.52. The fourth-order valence-electron chi connectivity index (χ4n) is 3.85. The first kappa shape index (κ1) is 15.2. The number of rotatable bonds is 4. The Morgan fingerprint density at radius 1 is 1.24 bits per heavy atom. The van der Waals surface area contributed by atoms with Crippen molar-refractivity contribution in [1.82, 2.24) is 5.32 Å². The molecular formula is C18H26ClNO. The van der Waals surface area contributed by atoms with E-state index in [9.17, 15) is 0 Å². The molecule has 0 unspecified atom stereocenters. The number of hydrogen-bond acceptors (Lipinski definition) is 2. The maximum Gasteiger partial charge on any atom is 0.122 e. The molecule has 1 aromatic rings. The monoisotopic (exact) mass is 307 g/mol. The molecule has 3 heteroatoms. The minimum Gasteiger partial charge on any atom is -0.496 e. The first-order valence-corrected chi connectivity index (χ1v) is 8.25. The highest BCUT2D eigenvalue weighted by Crippen LogP contribution is 2.69. The molecule has 2 fully saturated rings. The maximum atomic E-state index is 6.26. The topological polar surface area (TPSA) is 21.3 Å². The first-order chi connectivity index (χ1) is 9.78. The predicted molar refractivity (Wildman–Crippen MR) is 88.3 cm³/mol. The van der Waals surface area contributed by atoms with Gasteiger partial charge in [-0.3, -0.25) is 0 Å². The van der Waals surface area contributed by atoms with Crippen LogP contribution < -0.4 is 10.1 Å². The Labute approximate surface area is 133 Å². The highest BCUT2D eigenvalue weighted by atomic mass is 35.5. The summed E-state index contributed by atoms with van der Waals surface area (Å²) in [7, 11) is 1.75. The second-order valence-electron chi connectivity index (χ2n) is 8.08. The third kappa shape index (κ3) is 2.93. The van der Waals surface area contributed by atoms with Gasteiger partial charge >= 0.3 is 0 Å². The van der Waals surface area contributed by atoms with Gasteiger partial charge in [0.2, 0.25) is 0 Å². The summed E-state index contributed by atoms with van der Waals surface area (Å²) < 4.78 is 5.62. The van der Waals surface area contributed by atoms with Crippen molar-refractivity contribution in [3.05, 3.63) is 28.8 Å². The molecule has 0 radical (unpaired) electrons. The van der Waals surface area contributed by atoms with Crippen LogP contribution in [0.1, 0.15) is 52.0 Å². The van der Waals surface area contributed by atoms with Gasteiger partial charge in [0, 0.05) is 28.1 Å². The van der Waals surface area contributed by atoms with E-state index in [1.54, 1.807) is 7.11 Å². The van der Waals surface area contributed by atoms with E-state index in [-0.39, 0.29) is 11.0 Å². The standard InChI is InChI=1S/C18H26ClNO/c1-16(2,3)20-12-18(10-17(11-18)7-8-17)14-9-13(19)5-6-15(14)21-4/h5-6,9,20H,7-8,10-12H2,1-4H3. The number of nitrogens with one attached hydrogen (secondary N) is 1. The molecule has 116 valence electrons. The van der Waals surface area contributed by atoms with Crippen molar-refractivity contribution in [3.63, 3.8) is 0 Å². The van der Waals surface area contributed by atoms with Gasteiger partial charge in [-0.05, 0) is 70.1 Å². The van der Waals surface area contributed by atoms with E-state index < -0.39 is 0 Å². The highest BCUT2D eigenvalue weighted by molar-refractivity contribution is 6.30. The molecule has 3 rings (SSSR count). The van der Waals surface area contributed by atoms with Gasteiger partial charge in [0.25, 0.3) is 0 Å². The minimum absolute atomic E-state index is 0.130. The highest BCUT2D eigenvalue weighted by Gasteiger charge is 2.61. The summed E-state index contributed by atoms with van der Waals surface area (Å²) in [6.45, 7) is 7.67. The first-order valence-electron chi connectivity index (χ1n) is 7.87. The number of ether oxygens (including phenoxy) is 1. The van der Waals surface area contributed by atoms with Crippen LogP contribution in [0.4, 0.5) is 0 Å². The Hall–Kier alpha value is -0.730. The van der Waals surface area contributed by atoms with Crippen LogP contribution in [0.25, 0.3) is 0 Å². The summed E-state index contributed by atoms with van der Waals surface area (Å²) in [5.74, 6) is 0.977. The van der Waals surface area contributed by atoms with Crippen LogP contribution >= 0.6 is 11.6 Å². The lowest BCUT2D eigenvalue weighted by Gasteiger charge is -2.51. The quantitative estimate of drug-likeness (QED) is 0.881. The number of benzene rings is 1. The zero-order valence-electron chi connectivity index (χ0n) is 13.6. The van der Waals surface area contributed by atoms with Crippen LogP contribution in [-0.4, -0.2) is 19.2 Å². The maximum absolute atomic E-state index is 6.26. The smallest absolute Gasteiger partial charge is 0.122 e. The van der Waals surface area contributed by atoms with Gasteiger partial charge in [-0.15, -0.1) is 0 Å². The Balaban J connectivity index is 1.91. The lowest BCUT2D eigenvalue weighted by Crippen LogP contribution is -2.53. The summed E-state index contributed by atoms with van der Waals surface area (Å²) in [5, 5.41) is 4.50. The molecule has 0 amide bonds. The average molecular weight is 308 g/mol. The number of methoxy groups -OCH3 is 1. The lowest BCUT2D eigenvalue weighted by molar-refractivity contribution is 0.105. The van der Waals surface area contributed by atoms with E-state index in [1.807, 2.05) is 12.1 Å². The second kappa shape index (κ2) is 4.89. The van der Waals surface area contributed by atoms with Gasteiger partial charge in [0.15, 0.2) is 0 Å². The molecule has 0 aromatic heterocycles. The Bertz CT molecular complexity index is 535. The van der Waals surface area contributed by atoms with Gasteiger partial charge in [0.1, 0.15) is 5.75 Å². The summed E-state index contributed by atoms with van der Waals surface area (Å²) in [6, 6.07) is 6.04. The number of hydrogen-bond donors (Lipinski definition) is 1. The fraction of sp³-hybridized carbons (Fsp3) is 0.667. The largest absolute Gasteiger partial charge is 0.496 e. The van der Waals surface area contributed by atoms with Crippen LogP contribution in [0.15, 0.2) is 18.2 Å². The Kier molecular flexibility index (Phi) is 3.53. The van der Waals surface area contributed by atoms with Crippen LogP contribution in [0, 0.1) is 5.41 Å². The van der Waals surface area contributed by atoms with E-state index >= 15 is 0 Å². The zero-order valence-corrected chi connectivity index (χ0v) is 14.3. The summed E-state index contributed by atoms with van der Waals surface area (Å²) in [6.07, 6.45) is 5.32. The van der Waals surface area contributed by atoms with Crippen molar-refractivity contribution in [2.45, 2.75) is 57.4 Å². The van der Waals surface area contributed by atoms with E-state index in [0.29, 0.717) is 5.41 Å². The minimum atomic E-state index is 0.130. The zero-order chi connectivity index (χ0) is 15.3. The van der Waals surface area contributed by atoms with E-state index in [0.717, 1.165) is 17.3 Å². The van der Waals surface area contributed by atoms with Crippen LogP contribution in [0.5, 0.6) is 5.75 Å². The predicted octanol–water partition coefficient (Wildman–Crippen LogP) is 4.55. The fourth-order valence-corrected chi connectivity index (χ4v) is 4.03. The van der Waals surface area contributed by atoms with Crippen molar-refractivity contribution in [1.29, 1.82) is 0 Å². The van der Waals surface area contributed by atoms with Gasteiger partial charge < -0.3 is 10.1 Å². The molecule has 0 saturated heterocycles. The lowest BCUT2D eigenvalue weighted by atomic mass is 9.56. The van der Waals surface area contributed by atoms with Gasteiger partial charge in [-0.1, -0.05) is 11.6 Å². The Morgan fingerprint density at radius 3 is 2.43 bits per heavy atom. The summed E-state index contributed by atoms with van der Waals surface area (Å²) in [5.41, 5.74) is 2.23. The molecule has 0 atom stereocenters. The molecular weight excluding hydrogens is 282 g/mol. The van der Waals surface area contributed by atoms with Crippen LogP contribution in [-0.2, 0) is 5.41 Å².